The second-order valence-electron chi connectivity index (χ2n) is 11.3. The highest BCUT2D eigenvalue weighted by Gasteiger charge is 2.49. The van der Waals surface area contributed by atoms with Crippen LogP contribution in [0.1, 0.15) is 52.5 Å². The molecule has 3 atom stereocenters. The molecule has 0 spiro atoms. The average Bonchev–Trinajstić information content (AvgIpc) is 3.25. The molecule has 2 fully saturated rings. The molecular weight excluding hydrogens is 587 g/mol. The lowest BCUT2D eigenvalue weighted by atomic mass is 9.76. The summed E-state index contributed by atoms with van der Waals surface area (Å²) < 4.78 is 5.44. The Balaban J connectivity index is 1.30. The Morgan fingerprint density at radius 1 is 0.930 bits per heavy atom. The lowest BCUT2D eigenvalue weighted by Gasteiger charge is -2.25. The van der Waals surface area contributed by atoms with Crippen LogP contribution < -0.4 is 4.90 Å². The molecule has 3 aromatic carbocycles. The van der Waals surface area contributed by atoms with E-state index in [2.05, 4.69) is 6.92 Å². The number of pyridine rings is 1. The number of carbonyl (C=O) groups excluding carboxylic acids is 4. The fraction of sp³-hybridized carbons (Fsp3) is 0.265. The molecule has 4 aromatic rings. The number of amides is 2. The molecule has 2 amide bonds. The maximum atomic E-state index is 13.3. The number of hydrogen-bond acceptors (Lipinski definition) is 6. The van der Waals surface area contributed by atoms with Crippen LogP contribution in [0.25, 0.3) is 22.2 Å². The summed E-state index contributed by atoms with van der Waals surface area (Å²) in [5, 5.41) is 1.53. The minimum Gasteiger partial charge on any atom is -0.454 e. The molecule has 0 radical (unpaired) electrons. The number of ketones is 1. The second kappa shape index (κ2) is 11.5. The molecule has 218 valence electrons. The maximum absolute atomic E-state index is 13.3. The molecule has 1 saturated heterocycles. The van der Waals surface area contributed by atoms with Gasteiger partial charge in [0.2, 0.25) is 11.8 Å². The van der Waals surface area contributed by atoms with Crippen molar-refractivity contribution < 1.29 is 23.9 Å². The van der Waals surface area contributed by atoms with Crippen LogP contribution in [0.4, 0.5) is 5.69 Å². The predicted molar refractivity (Wildman–Crippen MR) is 165 cm³/mol. The van der Waals surface area contributed by atoms with Crippen molar-refractivity contribution in [2.75, 3.05) is 11.5 Å². The third-order valence-electron chi connectivity index (χ3n) is 8.50. The molecule has 7 nitrogen and oxygen atoms in total. The number of rotatable bonds is 6. The van der Waals surface area contributed by atoms with Crippen molar-refractivity contribution in [1.29, 1.82) is 0 Å². The van der Waals surface area contributed by atoms with Crippen LogP contribution >= 0.6 is 23.2 Å². The van der Waals surface area contributed by atoms with Gasteiger partial charge in [-0.25, -0.2) is 9.78 Å². The van der Waals surface area contributed by atoms with Crippen LogP contribution in [0.3, 0.4) is 0 Å². The van der Waals surface area contributed by atoms with E-state index in [9.17, 15) is 19.2 Å². The first-order valence-electron chi connectivity index (χ1n) is 14.2. The van der Waals surface area contributed by atoms with E-state index < -0.39 is 12.6 Å². The number of halogens is 2. The second-order valence-corrected chi connectivity index (χ2v) is 12.2. The summed E-state index contributed by atoms with van der Waals surface area (Å²) in [6.07, 6.45) is 2.42. The Morgan fingerprint density at radius 3 is 2.35 bits per heavy atom. The van der Waals surface area contributed by atoms with E-state index in [-0.39, 0.29) is 35.0 Å². The molecule has 1 aromatic heterocycles. The molecule has 1 aliphatic carbocycles. The van der Waals surface area contributed by atoms with Gasteiger partial charge in [-0.1, -0.05) is 48.3 Å². The lowest BCUT2D eigenvalue weighted by molar-refractivity contribution is -0.122. The number of benzene rings is 3. The highest BCUT2D eigenvalue weighted by atomic mass is 35.5. The van der Waals surface area contributed by atoms with Crippen LogP contribution in [0.15, 0.2) is 66.7 Å². The van der Waals surface area contributed by atoms with Gasteiger partial charge in [0, 0.05) is 26.6 Å². The van der Waals surface area contributed by atoms with Crippen LogP contribution in [0.5, 0.6) is 0 Å². The average molecular weight is 616 g/mol. The number of nitrogens with zero attached hydrogens (tertiary/aromatic N) is 2. The van der Waals surface area contributed by atoms with Gasteiger partial charge in [-0.15, -0.1) is 0 Å². The lowest BCUT2D eigenvalue weighted by Crippen LogP contribution is -2.30. The zero-order chi connectivity index (χ0) is 30.4. The number of hydrogen-bond donors (Lipinski definition) is 0. The maximum Gasteiger partial charge on any atom is 0.339 e. The van der Waals surface area contributed by atoms with Crippen LogP contribution in [0.2, 0.25) is 10.0 Å². The van der Waals surface area contributed by atoms with Gasteiger partial charge >= 0.3 is 5.97 Å². The summed E-state index contributed by atoms with van der Waals surface area (Å²) in [5.74, 6) is -1.40. The minimum atomic E-state index is -0.681. The number of anilines is 1. The molecule has 43 heavy (non-hydrogen) atoms. The van der Waals surface area contributed by atoms with Crippen LogP contribution in [-0.2, 0) is 14.3 Å². The van der Waals surface area contributed by atoms with Crippen molar-refractivity contribution in [3.05, 3.63) is 93.5 Å². The van der Waals surface area contributed by atoms with Crippen molar-refractivity contribution in [3.8, 4) is 11.3 Å². The molecule has 1 saturated carbocycles. The zero-order valence-electron chi connectivity index (χ0n) is 23.6. The fourth-order valence-corrected chi connectivity index (χ4v) is 6.35. The third-order valence-corrected chi connectivity index (χ3v) is 9.16. The molecule has 0 N–H and O–H groups in total. The number of ether oxygens (including phenoxy) is 1. The highest BCUT2D eigenvalue weighted by molar-refractivity contribution is 6.32. The van der Waals surface area contributed by atoms with Gasteiger partial charge in [0.25, 0.3) is 0 Å². The Bertz CT molecular complexity index is 1790. The Kier molecular flexibility index (Phi) is 7.79. The minimum absolute atomic E-state index is 0.137. The summed E-state index contributed by atoms with van der Waals surface area (Å²) in [4.78, 5) is 58.4. The number of Topliss-reactive ketones (excluding diaryl/α,β-unsaturated/α-hetero) is 1. The third kappa shape index (κ3) is 5.43. The topological polar surface area (TPSA) is 93.6 Å². The first-order chi connectivity index (χ1) is 20.6. The normalized spacial score (nSPS) is 19.9. The van der Waals surface area contributed by atoms with E-state index >= 15 is 0 Å². The molecule has 9 heteroatoms. The summed E-state index contributed by atoms with van der Waals surface area (Å²) in [6, 6.07) is 18.3. The number of aromatic nitrogens is 1. The van der Waals surface area contributed by atoms with Gasteiger partial charge in [0.05, 0.1) is 34.3 Å². The number of imide groups is 1. The first kappa shape index (κ1) is 29.0. The molecular formula is C34H28Cl2N2O5. The monoisotopic (exact) mass is 614 g/mol. The number of carbonyl (C=O) groups is 4. The number of fused-ring (bicyclic) bond motifs is 2. The summed E-state index contributed by atoms with van der Waals surface area (Å²) in [5.41, 5.74) is 3.48. The quantitative estimate of drug-likeness (QED) is 0.127. The van der Waals surface area contributed by atoms with E-state index in [1.807, 2.05) is 6.92 Å². The summed E-state index contributed by atoms with van der Waals surface area (Å²) in [7, 11) is 0. The zero-order valence-corrected chi connectivity index (χ0v) is 25.1. The van der Waals surface area contributed by atoms with Gasteiger partial charge in [-0.2, -0.15) is 0 Å². The molecule has 3 unspecified atom stereocenters. The molecule has 0 bridgehead atoms. The molecule has 2 heterocycles. The molecule has 1 aliphatic heterocycles. The van der Waals surface area contributed by atoms with Crippen molar-refractivity contribution >= 4 is 63.4 Å². The van der Waals surface area contributed by atoms with Crippen molar-refractivity contribution in [3.63, 3.8) is 0 Å². The standard InChI is InChI=1S/C34H28Cl2N2O5/c1-18-3-12-25-26(15-18)33(41)38(32(25)40)23-10-6-20(7-11-23)29-16-27(24-13-14-28(36)19(2)31(24)37-29)34(42)43-17-30(39)21-4-8-22(35)9-5-21/h4-11,13-14,16,18,25-26H,3,12,15,17H2,1-2H3. The molecule has 6 rings (SSSR count). The first-order valence-corrected chi connectivity index (χ1v) is 14.9. The van der Waals surface area contributed by atoms with Gasteiger partial charge < -0.3 is 4.74 Å². The van der Waals surface area contributed by atoms with E-state index in [4.69, 9.17) is 32.9 Å². The Morgan fingerprint density at radius 2 is 1.63 bits per heavy atom. The van der Waals surface area contributed by atoms with Crippen molar-refractivity contribution in [1.82, 2.24) is 4.98 Å². The molecule has 2 aliphatic rings. The SMILES string of the molecule is Cc1c(Cl)ccc2c(C(=O)OCC(=O)c3ccc(Cl)cc3)cc(-c3ccc(N4C(=O)C5CCC(C)CC5C4=O)cc3)nc12. The fourth-order valence-electron chi connectivity index (χ4n) is 6.07. The number of esters is 1. The smallest absolute Gasteiger partial charge is 0.339 e. The Labute approximate surface area is 258 Å². The van der Waals surface area contributed by atoms with E-state index in [0.717, 1.165) is 19.3 Å². The van der Waals surface area contributed by atoms with Crippen molar-refractivity contribution in [2.24, 2.45) is 17.8 Å². The van der Waals surface area contributed by atoms with Gasteiger partial charge in [-0.3, -0.25) is 19.3 Å². The summed E-state index contributed by atoms with van der Waals surface area (Å²) in [6.45, 7) is 3.49. The van der Waals surface area contributed by atoms with Crippen LogP contribution in [0, 0.1) is 24.7 Å². The van der Waals surface area contributed by atoms with E-state index in [0.29, 0.717) is 54.9 Å². The van der Waals surface area contributed by atoms with Gasteiger partial charge in [0.15, 0.2) is 12.4 Å². The van der Waals surface area contributed by atoms with Crippen LogP contribution in [-0.4, -0.2) is 35.2 Å². The highest BCUT2D eigenvalue weighted by Crippen LogP contribution is 2.42. The van der Waals surface area contributed by atoms with Gasteiger partial charge in [-0.05, 0) is 86.2 Å². The summed E-state index contributed by atoms with van der Waals surface area (Å²) >= 11 is 12.3. The predicted octanol–water partition coefficient (Wildman–Crippen LogP) is 7.48. The van der Waals surface area contributed by atoms with E-state index in [1.54, 1.807) is 66.7 Å². The Hall–Kier alpha value is -4.07. The largest absolute Gasteiger partial charge is 0.454 e. The van der Waals surface area contributed by atoms with Crippen molar-refractivity contribution in [2.45, 2.75) is 33.1 Å². The number of aryl methyl sites for hydroxylation is 1. The van der Waals surface area contributed by atoms with E-state index in [1.165, 1.54) is 4.90 Å². The van der Waals surface area contributed by atoms with Gasteiger partial charge in [0.1, 0.15) is 0 Å².